The molecule has 0 saturated carbocycles. The van der Waals surface area contributed by atoms with Gasteiger partial charge < -0.3 is 14.6 Å². The third-order valence-corrected chi connectivity index (χ3v) is 2.27. The van der Waals surface area contributed by atoms with Crippen LogP contribution in [0.5, 0.6) is 5.75 Å². The van der Waals surface area contributed by atoms with Gasteiger partial charge in [0.05, 0.1) is 17.7 Å². The number of methoxy groups -OCH3 is 1. The topological polar surface area (TPSA) is 55.8 Å². The largest absolute Gasteiger partial charge is 0.488 e. The van der Waals surface area contributed by atoms with Gasteiger partial charge in [0, 0.05) is 7.11 Å². The molecule has 1 atom stereocenters. The third-order valence-electron chi connectivity index (χ3n) is 2.27. The van der Waals surface area contributed by atoms with Crippen molar-refractivity contribution < 1.29 is 32.5 Å². The Balaban J connectivity index is 3.07. The standard InChI is InChI=1S/C12H13F3O4/c1-7(6-18-2)19-8-3-4-10(12(13,14)15)9(5-8)11(16)17/h3-5,7H,6H2,1-2H3,(H,16,17). The first kappa shape index (κ1) is 15.3. The van der Waals surface area contributed by atoms with Crippen molar-refractivity contribution >= 4 is 5.97 Å². The second kappa shape index (κ2) is 5.92. The molecule has 0 amide bonds. The summed E-state index contributed by atoms with van der Waals surface area (Å²) in [4.78, 5) is 10.9. The first-order valence-electron chi connectivity index (χ1n) is 5.36. The van der Waals surface area contributed by atoms with Crippen LogP contribution < -0.4 is 4.74 Å². The number of halogens is 3. The van der Waals surface area contributed by atoms with Gasteiger partial charge in [0.15, 0.2) is 0 Å². The van der Waals surface area contributed by atoms with Crippen LogP contribution in [-0.2, 0) is 10.9 Å². The molecule has 0 aliphatic rings. The van der Waals surface area contributed by atoms with Crippen molar-refractivity contribution in [2.75, 3.05) is 13.7 Å². The zero-order chi connectivity index (χ0) is 14.6. The maximum absolute atomic E-state index is 12.6. The summed E-state index contributed by atoms with van der Waals surface area (Å²) in [6.45, 7) is 1.89. The number of alkyl halides is 3. The van der Waals surface area contributed by atoms with E-state index < -0.39 is 29.4 Å². The minimum atomic E-state index is -4.72. The highest BCUT2D eigenvalue weighted by atomic mass is 19.4. The first-order chi connectivity index (χ1) is 8.75. The van der Waals surface area contributed by atoms with E-state index in [-0.39, 0.29) is 12.4 Å². The van der Waals surface area contributed by atoms with Gasteiger partial charge in [-0.05, 0) is 25.1 Å². The van der Waals surface area contributed by atoms with Crippen molar-refractivity contribution in [3.05, 3.63) is 29.3 Å². The summed E-state index contributed by atoms with van der Waals surface area (Å²) >= 11 is 0. The average molecular weight is 278 g/mol. The van der Waals surface area contributed by atoms with Crippen LogP contribution in [-0.4, -0.2) is 30.9 Å². The zero-order valence-corrected chi connectivity index (χ0v) is 10.3. The number of carboxylic acid groups (broad SMARTS) is 1. The molecule has 0 bridgehead atoms. The maximum atomic E-state index is 12.6. The van der Waals surface area contributed by atoms with Gasteiger partial charge in [0.2, 0.25) is 0 Å². The van der Waals surface area contributed by atoms with Crippen LogP contribution in [0.1, 0.15) is 22.8 Å². The van der Waals surface area contributed by atoms with E-state index in [4.69, 9.17) is 14.6 Å². The number of benzene rings is 1. The maximum Gasteiger partial charge on any atom is 0.417 e. The van der Waals surface area contributed by atoms with Crippen LogP contribution in [0, 0.1) is 0 Å². The average Bonchev–Trinajstić information content (AvgIpc) is 2.27. The lowest BCUT2D eigenvalue weighted by atomic mass is 10.1. The number of rotatable bonds is 5. The summed E-state index contributed by atoms with van der Waals surface area (Å²) in [7, 11) is 1.45. The number of ether oxygens (including phenoxy) is 2. The molecule has 106 valence electrons. The lowest BCUT2D eigenvalue weighted by Gasteiger charge is -2.16. The van der Waals surface area contributed by atoms with E-state index >= 15 is 0 Å². The Bertz CT molecular complexity index is 457. The molecule has 4 nitrogen and oxygen atoms in total. The molecule has 0 saturated heterocycles. The van der Waals surface area contributed by atoms with Crippen LogP contribution in [0.4, 0.5) is 13.2 Å². The van der Waals surface area contributed by atoms with Crippen molar-refractivity contribution in [2.45, 2.75) is 19.2 Å². The van der Waals surface area contributed by atoms with Crippen molar-refractivity contribution in [2.24, 2.45) is 0 Å². The van der Waals surface area contributed by atoms with Gasteiger partial charge in [-0.15, -0.1) is 0 Å². The Labute approximate surface area is 107 Å². The van der Waals surface area contributed by atoms with Crippen molar-refractivity contribution in [1.29, 1.82) is 0 Å². The number of hydrogen-bond acceptors (Lipinski definition) is 3. The van der Waals surface area contributed by atoms with E-state index in [9.17, 15) is 18.0 Å². The minimum Gasteiger partial charge on any atom is -0.488 e. The molecule has 7 heteroatoms. The molecular formula is C12H13F3O4. The highest BCUT2D eigenvalue weighted by Crippen LogP contribution is 2.34. The van der Waals surface area contributed by atoms with E-state index in [1.807, 2.05) is 0 Å². The lowest BCUT2D eigenvalue weighted by molar-refractivity contribution is -0.138. The van der Waals surface area contributed by atoms with E-state index in [2.05, 4.69) is 0 Å². The van der Waals surface area contributed by atoms with Gasteiger partial charge in [-0.25, -0.2) is 4.79 Å². The smallest absolute Gasteiger partial charge is 0.417 e. The molecule has 0 spiro atoms. The highest BCUT2D eigenvalue weighted by Gasteiger charge is 2.35. The number of carboxylic acids is 1. The Kier molecular flexibility index (Phi) is 4.77. The molecule has 0 aromatic heterocycles. The summed E-state index contributed by atoms with van der Waals surface area (Å²) in [6.07, 6.45) is -5.12. The van der Waals surface area contributed by atoms with Gasteiger partial charge in [0.25, 0.3) is 0 Å². The van der Waals surface area contributed by atoms with E-state index in [0.717, 1.165) is 12.1 Å². The Morgan fingerprint density at radius 1 is 1.42 bits per heavy atom. The van der Waals surface area contributed by atoms with E-state index in [1.54, 1.807) is 6.92 Å². The molecule has 19 heavy (non-hydrogen) atoms. The molecular weight excluding hydrogens is 265 g/mol. The second-order valence-electron chi connectivity index (χ2n) is 3.89. The first-order valence-corrected chi connectivity index (χ1v) is 5.36. The Hall–Kier alpha value is -1.76. The molecule has 1 N–H and O–H groups in total. The summed E-state index contributed by atoms with van der Waals surface area (Å²) in [5, 5.41) is 8.81. The molecule has 1 aromatic carbocycles. The fourth-order valence-electron chi connectivity index (χ4n) is 1.52. The molecule has 0 aliphatic carbocycles. The molecule has 1 rings (SSSR count). The second-order valence-corrected chi connectivity index (χ2v) is 3.89. The van der Waals surface area contributed by atoms with Gasteiger partial charge in [-0.2, -0.15) is 13.2 Å². The molecule has 0 fully saturated rings. The van der Waals surface area contributed by atoms with Gasteiger partial charge in [-0.3, -0.25) is 0 Å². The van der Waals surface area contributed by atoms with E-state index in [1.165, 1.54) is 7.11 Å². The predicted molar refractivity (Wildman–Crippen MR) is 60.4 cm³/mol. The quantitative estimate of drug-likeness (QED) is 0.899. The summed E-state index contributed by atoms with van der Waals surface area (Å²) < 4.78 is 47.9. The lowest BCUT2D eigenvalue weighted by Crippen LogP contribution is -2.19. The van der Waals surface area contributed by atoms with Crippen molar-refractivity contribution in [3.63, 3.8) is 0 Å². The molecule has 0 heterocycles. The summed E-state index contributed by atoms with van der Waals surface area (Å²) in [6, 6.07) is 2.64. The molecule has 0 aliphatic heterocycles. The van der Waals surface area contributed by atoms with Gasteiger partial charge >= 0.3 is 12.1 Å². The monoisotopic (exact) mass is 278 g/mol. The Morgan fingerprint density at radius 2 is 2.05 bits per heavy atom. The minimum absolute atomic E-state index is 0.0509. The number of carbonyl (C=O) groups is 1. The van der Waals surface area contributed by atoms with Gasteiger partial charge in [-0.1, -0.05) is 0 Å². The highest BCUT2D eigenvalue weighted by molar-refractivity contribution is 5.90. The summed E-state index contributed by atoms with van der Waals surface area (Å²) in [5.74, 6) is -1.60. The van der Waals surface area contributed by atoms with Crippen molar-refractivity contribution in [3.8, 4) is 5.75 Å². The van der Waals surface area contributed by atoms with Gasteiger partial charge in [0.1, 0.15) is 11.9 Å². The van der Waals surface area contributed by atoms with E-state index in [0.29, 0.717) is 6.07 Å². The van der Waals surface area contributed by atoms with Crippen LogP contribution in [0.3, 0.4) is 0 Å². The van der Waals surface area contributed by atoms with Crippen LogP contribution >= 0.6 is 0 Å². The SMILES string of the molecule is COCC(C)Oc1ccc(C(F)(F)F)c(C(=O)O)c1. The van der Waals surface area contributed by atoms with Crippen LogP contribution in [0.25, 0.3) is 0 Å². The molecule has 1 unspecified atom stereocenters. The fraction of sp³-hybridized carbons (Fsp3) is 0.417. The summed E-state index contributed by atoms with van der Waals surface area (Å²) in [5.41, 5.74) is -2.04. The van der Waals surface area contributed by atoms with Crippen LogP contribution in [0.2, 0.25) is 0 Å². The van der Waals surface area contributed by atoms with Crippen molar-refractivity contribution in [1.82, 2.24) is 0 Å². The number of hydrogen-bond donors (Lipinski definition) is 1. The molecule has 0 radical (unpaired) electrons. The third kappa shape index (κ3) is 4.13. The predicted octanol–water partition coefficient (Wildman–Crippen LogP) is 2.82. The van der Waals surface area contributed by atoms with Crippen LogP contribution in [0.15, 0.2) is 18.2 Å². The zero-order valence-electron chi connectivity index (χ0n) is 10.3. The Morgan fingerprint density at radius 3 is 2.53 bits per heavy atom. The normalized spacial score (nSPS) is 13.1. The number of aromatic carboxylic acids is 1. The fourth-order valence-corrected chi connectivity index (χ4v) is 1.52. The molecule has 1 aromatic rings.